The number of rotatable bonds is 5. The quantitative estimate of drug-likeness (QED) is 0.629. The predicted octanol–water partition coefficient (Wildman–Crippen LogP) is 1.35. The van der Waals surface area contributed by atoms with Gasteiger partial charge >= 0.3 is 0 Å². The Bertz CT molecular complexity index is 101. The summed E-state index contributed by atoms with van der Waals surface area (Å²) in [5.74, 6) is 0.260. The number of carbonyl (C=O) groups is 1. The average Bonchev–Trinajstić information content (AvgIpc) is 1.87. The van der Waals surface area contributed by atoms with Crippen LogP contribution in [0.4, 0.5) is 0 Å². The molecule has 0 radical (unpaired) electrons. The fourth-order valence-corrected chi connectivity index (χ4v) is 0.639. The Morgan fingerprint density at radius 1 is 1.60 bits per heavy atom. The first-order valence-corrected chi connectivity index (χ1v) is 3.89. The topological polar surface area (TPSA) is 29.1 Å². The molecule has 0 saturated heterocycles. The lowest BCUT2D eigenvalue weighted by molar-refractivity contribution is -0.116. The van der Waals surface area contributed by atoms with Crippen molar-refractivity contribution in [3.8, 4) is 0 Å². The second-order valence-electron chi connectivity index (χ2n) is 2.72. The van der Waals surface area contributed by atoms with Gasteiger partial charge in [-0.2, -0.15) is 0 Å². The molecule has 0 aliphatic heterocycles. The third-order valence-electron chi connectivity index (χ3n) is 1.58. The van der Waals surface area contributed by atoms with Crippen LogP contribution in [0, 0.1) is 0 Å². The largest absolute Gasteiger partial charge is 0.314 e. The van der Waals surface area contributed by atoms with Gasteiger partial charge in [-0.1, -0.05) is 6.92 Å². The Labute approximate surface area is 63.0 Å². The van der Waals surface area contributed by atoms with Crippen LogP contribution in [0.25, 0.3) is 0 Å². The van der Waals surface area contributed by atoms with Crippen molar-refractivity contribution in [3.63, 3.8) is 0 Å². The second-order valence-corrected chi connectivity index (χ2v) is 2.72. The van der Waals surface area contributed by atoms with Gasteiger partial charge in [0.15, 0.2) is 0 Å². The molecule has 2 heteroatoms. The SMILES string of the molecule is CCC(C)NCCC(C)=O. The summed E-state index contributed by atoms with van der Waals surface area (Å²) >= 11 is 0. The zero-order valence-electron chi connectivity index (χ0n) is 7.11. The van der Waals surface area contributed by atoms with Crippen LogP contribution in [0.5, 0.6) is 0 Å². The lowest BCUT2D eigenvalue weighted by atomic mass is 10.2. The van der Waals surface area contributed by atoms with E-state index >= 15 is 0 Å². The molecule has 0 aliphatic carbocycles. The number of ketones is 1. The highest BCUT2D eigenvalue weighted by Gasteiger charge is 1.96. The number of hydrogen-bond acceptors (Lipinski definition) is 2. The van der Waals surface area contributed by atoms with Crippen molar-refractivity contribution >= 4 is 5.78 Å². The third-order valence-corrected chi connectivity index (χ3v) is 1.58. The molecule has 0 fully saturated rings. The molecule has 1 N–H and O–H groups in total. The molecule has 0 aromatic heterocycles. The van der Waals surface area contributed by atoms with Gasteiger partial charge in [0.25, 0.3) is 0 Å². The number of Topliss-reactive ketones (excluding diaryl/α,β-unsaturated/α-hetero) is 1. The van der Waals surface area contributed by atoms with Crippen molar-refractivity contribution in [1.29, 1.82) is 0 Å². The first kappa shape index (κ1) is 9.63. The van der Waals surface area contributed by atoms with E-state index in [-0.39, 0.29) is 5.78 Å². The molecule has 0 aromatic rings. The smallest absolute Gasteiger partial charge is 0.131 e. The summed E-state index contributed by atoms with van der Waals surface area (Å²) in [6, 6.07) is 0.541. The third kappa shape index (κ3) is 5.76. The summed E-state index contributed by atoms with van der Waals surface area (Å²) < 4.78 is 0. The van der Waals surface area contributed by atoms with Crippen molar-refractivity contribution in [2.75, 3.05) is 6.54 Å². The van der Waals surface area contributed by atoms with Gasteiger partial charge in [0.2, 0.25) is 0 Å². The van der Waals surface area contributed by atoms with Crippen molar-refractivity contribution in [3.05, 3.63) is 0 Å². The molecule has 0 aromatic carbocycles. The van der Waals surface area contributed by atoms with Gasteiger partial charge in [-0.25, -0.2) is 0 Å². The molecule has 0 rings (SSSR count). The average molecular weight is 143 g/mol. The zero-order chi connectivity index (χ0) is 7.98. The number of hydrogen-bond donors (Lipinski definition) is 1. The van der Waals surface area contributed by atoms with Gasteiger partial charge in [-0.05, 0) is 20.3 Å². The maximum absolute atomic E-state index is 10.5. The standard InChI is InChI=1S/C8H17NO/c1-4-7(2)9-6-5-8(3)10/h7,9H,4-6H2,1-3H3. The van der Waals surface area contributed by atoms with Crippen LogP contribution in [-0.4, -0.2) is 18.4 Å². The Morgan fingerprint density at radius 3 is 2.60 bits per heavy atom. The van der Waals surface area contributed by atoms with Gasteiger partial charge in [-0.3, -0.25) is 4.79 Å². The van der Waals surface area contributed by atoms with Crippen LogP contribution >= 0.6 is 0 Å². The lowest BCUT2D eigenvalue weighted by Gasteiger charge is -2.08. The van der Waals surface area contributed by atoms with Gasteiger partial charge < -0.3 is 5.32 Å². The van der Waals surface area contributed by atoms with E-state index in [0.717, 1.165) is 13.0 Å². The van der Waals surface area contributed by atoms with Crippen molar-refractivity contribution in [2.24, 2.45) is 0 Å². The molecule has 10 heavy (non-hydrogen) atoms. The normalized spacial score (nSPS) is 13.1. The van der Waals surface area contributed by atoms with E-state index in [0.29, 0.717) is 12.5 Å². The summed E-state index contributed by atoms with van der Waals surface area (Å²) in [4.78, 5) is 10.5. The highest BCUT2D eigenvalue weighted by Crippen LogP contribution is 1.87. The first-order chi connectivity index (χ1) is 4.66. The van der Waals surface area contributed by atoms with E-state index in [4.69, 9.17) is 0 Å². The lowest BCUT2D eigenvalue weighted by Crippen LogP contribution is -2.27. The minimum atomic E-state index is 0.260. The summed E-state index contributed by atoms with van der Waals surface area (Å²) in [5, 5.41) is 3.24. The van der Waals surface area contributed by atoms with Crippen molar-refractivity contribution in [2.45, 2.75) is 39.7 Å². The van der Waals surface area contributed by atoms with Gasteiger partial charge in [-0.15, -0.1) is 0 Å². The number of nitrogens with one attached hydrogen (secondary N) is 1. The zero-order valence-corrected chi connectivity index (χ0v) is 7.11. The maximum atomic E-state index is 10.5. The van der Waals surface area contributed by atoms with Gasteiger partial charge in [0.05, 0.1) is 0 Å². The molecule has 0 aliphatic rings. The van der Waals surface area contributed by atoms with Gasteiger partial charge in [0, 0.05) is 19.0 Å². The molecule has 1 unspecified atom stereocenters. The fraction of sp³-hybridized carbons (Fsp3) is 0.875. The Kier molecular flexibility index (Phi) is 5.22. The van der Waals surface area contributed by atoms with Crippen LogP contribution in [0.15, 0.2) is 0 Å². The highest BCUT2D eigenvalue weighted by atomic mass is 16.1. The van der Waals surface area contributed by atoms with E-state index in [1.54, 1.807) is 6.92 Å². The fourth-order valence-electron chi connectivity index (χ4n) is 0.639. The maximum Gasteiger partial charge on any atom is 0.131 e. The first-order valence-electron chi connectivity index (χ1n) is 3.89. The minimum Gasteiger partial charge on any atom is -0.314 e. The molecule has 0 spiro atoms. The van der Waals surface area contributed by atoms with Gasteiger partial charge in [0.1, 0.15) is 5.78 Å². The van der Waals surface area contributed by atoms with Crippen molar-refractivity contribution < 1.29 is 4.79 Å². The molecular weight excluding hydrogens is 126 g/mol. The van der Waals surface area contributed by atoms with E-state index in [1.807, 2.05) is 0 Å². The Hall–Kier alpha value is -0.370. The van der Waals surface area contributed by atoms with Crippen molar-refractivity contribution in [1.82, 2.24) is 5.32 Å². The molecule has 0 bridgehead atoms. The van der Waals surface area contributed by atoms with E-state index in [2.05, 4.69) is 19.2 Å². The Morgan fingerprint density at radius 2 is 2.20 bits per heavy atom. The summed E-state index contributed by atoms with van der Waals surface area (Å²) in [5.41, 5.74) is 0. The molecule has 60 valence electrons. The monoisotopic (exact) mass is 143 g/mol. The van der Waals surface area contributed by atoms with E-state index < -0.39 is 0 Å². The van der Waals surface area contributed by atoms with Crippen LogP contribution < -0.4 is 5.32 Å². The van der Waals surface area contributed by atoms with Crippen LogP contribution in [0.2, 0.25) is 0 Å². The minimum absolute atomic E-state index is 0.260. The second kappa shape index (κ2) is 5.42. The van der Waals surface area contributed by atoms with E-state index in [1.165, 1.54) is 0 Å². The molecule has 2 nitrogen and oxygen atoms in total. The van der Waals surface area contributed by atoms with E-state index in [9.17, 15) is 4.79 Å². The molecule has 0 saturated carbocycles. The Balaban J connectivity index is 3.11. The molecular formula is C8H17NO. The summed E-state index contributed by atoms with van der Waals surface area (Å²) in [6.07, 6.45) is 1.78. The molecule has 0 amide bonds. The molecule has 0 heterocycles. The number of carbonyl (C=O) groups excluding carboxylic acids is 1. The molecule has 1 atom stereocenters. The highest BCUT2D eigenvalue weighted by molar-refractivity contribution is 5.75. The summed E-state index contributed by atoms with van der Waals surface area (Å²) in [7, 11) is 0. The van der Waals surface area contributed by atoms with Crippen LogP contribution in [0.1, 0.15) is 33.6 Å². The van der Waals surface area contributed by atoms with Crippen LogP contribution in [-0.2, 0) is 4.79 Å². The predicted molar refractivity (Wildman–Crippen MR) is 43.1 cm³/mol. The summed E-state index contributed by atoms with van der Waals surface area (Å²) in [6.45, 7) is 6.70. The van der Waals surface area contributed by atoms with Crippen LogP contribution in [0.3, 0.4) is 0 Å².